The van der Waals surface area contributed by atoms with Crippen molar-refractivity contribution in [3.8, 4) is 0 Å². The van der Waals surface area contributed by atoms with Crippen molar-refractivity contribution in [2.45, 2.75) is 82.1 Å². The van der Waals surface area contributed by atoms with Crippen molar-refractivity contribution in [1.82, 2.24) is 4.90 Å². The minimum Gasteiger partial charge on any atom is -0.444 e. The van der Waals surface area contributed by atoms with E-state index >= 15 is 0 Å². The van der Waals surface area contributed by atoms with Gasteiger partial charge in [-0.1, -0.05) is 58.4 Å². The number of ether oxygens (including phenoxy) is 1. The number of hydrogen-bond acceptors (Lipinski definition) is 3. The van der Waals surface area contributed by atoms with Crippen molar-refractivity contribution in [3.63, 3.8) is 0 Å². The van der Waals surface area contributed by atoms with Crippen LogP contribution in [0.15, 0.2) is 59.1 Å². The number of amides is 1. The van der Waals surface area contributed by atoms with E-state index in [2.05, 4.69) is 40.2 Å². The van der Waals surface area contributed by atoms with Crippen molar-refractivity contribution in [2.75, 3.05) is 0 Å². The predicted octanol–water partition coefficient (Wildman–Crippen LogP) is 6.20. The van der Waals surface area contributed by atoms with E-state index in [9.17, 15) is 9.90 Å². The van der Waals surface area contributed by atoms with Gasteiger partial charge in [0.05, 0.1) is 6.10 Å². The summed E-state index contributed by atoms with van der Waals surface area (Å²) in [7, 11) is 0. The molecule has 1 unspecified atom stereocenters. The molecule has 3 aliphatic carbocycles. The number of aliphatic hydroxyl groups is 1. The molecule has 2 aromatic rings. The molecule has 0 radical (unpaired) electrons. The normalized spacial score (nSPS) is 27.7. The molecule has 2 aromatic carbocycles. The summed E-state index contributed by atoms with van der Waals surface area (Å²) in [5, 5.41) is 11.4. The molecule has 2 bridgehead atoms. The van der Waals surface area contributed by atoms with E-state index < -0.39 is 11.7 Å². The molecule has 4 nitrogen and oxygen atoms in total. The van der Waals surface area contributed by atoms with Crippen LogP contribution in [0.3, 0.4) is 0 Å². The summed E-state index contributed by atoms with van der Waals surface area (Å²) >= 11 is 3.51. The molecule has 1 amide bonds. The lowest BCUT2D eigenvalue weighted by atomic mass is 9.53. The third-order valence-corrected chi connectivity index (χ3v) is 7.60. The summed E-state index contributed by atoms with van der Waals surface area (Å²) in [5.74, 6) is 0. The summed E-state index contributed by atoms with van der Waals surface area (Å²) in [6.45, 7) is 6.20. The van der Waals surface area contributed by atoms with Crippen molar-refractivity contribution >= 4 is 22.0 Å². The van der Waals surface area contributed by atoms with Gasteiger partial charge in [0.1, 0.15) is 5.60 Å². The first kappa shape index (κ1) is 22.3. The average molecular weight is 486 g/mol. The van der Waals surface area contributed by atoms with E-state index in [0.717, 1.165) is 35.7 Å². The second-order valence-electron chi connectivity index (χ2n) is 10.2. The number of carbonyl (C=O) groups excluding carboxylic acids is 1. The zero-order chi connectivity index (χ0) is 22.3. The van der Waals surface area contributed by atoms with Gasteiger partial charge in [0.25, 0.3) is 0 Å². The third kappa shape index (κ3) is 4.40. The zero-order valence-corrected chi connectivity index (χ0v) is 20.2. The summed E-state index contributed by atoms with van der Waals surface area (Å²) in [5.41, 5.74) is 1.10. The van der Waals surface area contributed by atoms with E-state index in [1.165, 1.54) is 5.56 Å². The Morgan fingerprint density at radius 1 is 1.06 bits per heavy atom. The lowest BCUT2D eigenvalue weighted by Gasteiger charge is -2.59. The van der Waals surface area contributed by atoms with Crippen molar-refractivity contribution in [2.24, 2.45) is 0 Å². The molecular formula is C26H32BrNO3. The van der Waals surface area contributed by atoms with Gasteiger partial charge in [0, 0.05) is 22.0 Å². The van der Waals surface area contributed by atoms with Crippen LogP contribution in [0, 0.1) is 0 Å². The molecule has 3 saturated carbocycles. The van der Waals surface area contributed by atoms with Gasteiger partial charge in [0.2, 0.25) is 0 Å². The van der Waals surface area contributed by atoms with Crippen molar-refractivity contribution in [1.29, 1.82) is 0 Å². The monoisotopic (exact) mass is 485 g/mol. The first-order valence-electron chi connectivity index (χ1n) is 11.1. The fraction of sp³-hybridized carbons (Fsp3) is 0.500. The number of hydrogen-bond donors (Lipinski definition) is 1. The maximum Gasteiger partial charge on any atom is 0.411 e. The maximum atomic E-state index is 13.4. The van der Waals surface area contributed by atoms with Crippen molar-refractivity contribution in [3.05, 3.63) is 70.2 Å². The van der Waals surface area contributed by atoms with E-state index in [0.29, 0.717) is 13.0 Å². The van der Waals surface area contributed by atoms with E-state index in [1.807, 2.05) is 56.0 Å². The molecule has 5 heteroatoms. The van der Waals surface area contributed by atoms with Gasteiger partial charge in [-0.25, -0.2) is 4.79 Å². The van der Waals surface area contributed by atoms with Crippen molar-refractivity contribution < 1.29 is 14.6 Å². The molecule has 0 aromatic heterocycles. The minimum absolute atomic E-state index is 0.227. The number of nitrogens with zero attached hydrogens (tertiary/aromatic N) is 1. The van der Waals surface area contributed by atoms with Gasteiger partial charge in [-0.15, -0.1) is 0 Å². The molecule has 3 fully saturated rings. The predicted molar refractivity (Wildman–Crippen MR) is 126 cm³/mol. The van der Waals surface area contributed by atoms with Crippen LogP contribution in [0.4, 0.5) is 4.79 Å². The van der Waals surface area contributed by atoms with E-state index in [4.69, 9.17) is 4.74 Å². The second-order valence-corrected chi connectivity index (χ2v) is 11.1. The van der Waals surface area contributed by atoms with Gasteiger partial charge in [-0.3, -0.25) is 4.90 Å². The minimum atomic E-state index is -0.564. The first-order chi connectivity index (χ1) is 14.6. The highest BCUT2D eigenvalue weighted by Crippen LogP contribution is 2.56. The number of rotatable bonds is 4. The Kier molecular flexibility index (Phi) is 5.95. The molecular weight excluding hydrogens is 454 g/mol. The summed E-state index contributed by atoms with van der Waals surface area (Å²) in [6, 6.07) is 18.4. The summed E-state index contributed by atoms with van der Waals surface area (Å²) in [6.07, 6.45) is 3.26. The number of halogens is 1. The Labute approximate surface area is 193 Å². The molecule has 1 N–H and O–H groups in total. The molecule has 0 spiro atoms. The molecule has 166 valence electrons. The molecule has 0 saturated heterocycles. The Morgan fingerprint density at radius 3 is 2.23 bits per heavy atom. The molecule has 31 heavy (non-hydrogen) atoms. The highest BCUT2D eigenvalue weighted by molar-refractivity contribution is 9.10. The SMILES string of the molecule is CC(C)(C)OC(=O)N(Cc1ccccc1)C12CCC(c3ccc(Br)cc3)(CC1)C(O)C2. The fourth-order valence-corrected chi connectivity index (χ4v) is 5.67. The van der Waals surface area contributed by atoms with Crippen LogP contribution in [-0.4, -0.2) is 33.3 Å². The van der Waals surface area contributed by atoms with Gasteiger partial charge >= 0.3 is 6.09 Å². The largest absolute Gasteiger partial charge is 0.444 e. The van der Waals surface area contributed by atoms with Gasteiger partial charge in [-0.05, 0) is 76.1 Å². The van der Waals surface area contributed by atoms with Crippen LogP contribution in [0.5, 0.6) is 0 Å². The maximum absolute atomic E-state index is 13.4. The molecule has 0 heterocycles. The van der Waals surface area contributed by atoms with Gasteiger partial charge in [0.15, 0.2) is 0 Å². The summed E-state index contributed by atoms with van der Waals surface area (Å²) < 4.78 is 6.87. The van der Waals surface area contributed by atoms with Gasteiger partial charge in [-0.2, -0.15) is 0 Å². The second kappa shape index (κ2) is 8.25. The zero-order valence-electron chi connectivity index (χ0n) is 18.6. The Bertz CT molecular complexity index is 912. The topological polar surface area (TPSA) is 49.8 Å². The van der Waals surface area contributed by atoms with Crippen LogP contribution in [-0.2, 0) is 16.7 Å². The highest BCUT2D eigenvalue weighted by atomic mass is 79.9. The lowest BCUT2D eigenvalue weighted by molar-refractivity contribution is -0.102. The first-order valence-corrected chi connectivity index (χ1v) is 11.9. The number of carbonyl (C=O) groups is 1. The number of aliphatic hydroxyl groups excluding tert-OH is 1. The fourth-order valence-electron chi connectivity index (χ4n) is 5.41. The molecule has 5 rings (SSSR count). The average Bonchev–Trinajstić information content (AvgIpc) is 2.73. The smallest absolute Gasteiger partial charge is 0.411 e. The van der Waals surface area contributed by atoms with Gasteiger partial charge < -0.3 is 9.84 Å². The molecule has 1 atom stereocenters. The van der Waals surface area contributed by atoms with Crippen LogP contribution < -0.4 is 0 Å². The number of benzene rings is 2. The Balaban J connectivity index is 1.63. The Hall–Kier alpha value is -1.85. The molecule has 3 aliphatic rings. The van der Waals surface area contributed by atoms with Crippen LogP contribution in [0.1, 0.15) is 64.0 Å². The van der Waals surface area contributed by atoms with E-state index in [1.54, 1.807) is 0 Å². The Morgan fingerprint density at radius 2 is 1.68 bits per heavy atom. The molecule has 0 aliphatic heterocycles. The third-order valence-electron chi connectivity index (χ3n) is 7.07. The summed E-state index contributed by atoms with van der Waals surface area (Å²) in [4.78, 5) is 15.3. The highest BCUT2D eigenvalue weighted by Gasteiger charge is 2.58. The van der Waals surface area contributed by atoms with Crippen LogP contribution in [0.2, 0.25) is 0 Å². The standard InChI is InChI=1S/C26H32BrNO3/c1-24(2,3)31-23(30)28(18-19-7-5-4-6-8-19)25-13-15-26(16-14-25,22(29)17-25)20-9-11-21(27)12-10-20/h4-12,22,29H,13-18H2,1-3H3. The van der Waals surface area contributed by atoms with Crippen LogP contribution in [0.25, 0.3) is 0 Å². The number of fused-ring (bicyclic) bond motifs is 3. The lowest BCUT2D eigenvalue weighted by Crippen LogP contribution is -2.64. The quantitative estimate of drug-likeness (QED) is 0.560. The van der Waals surface area contributed by atoms with Crippen LogP contribution >= 0.6 is 15.9 Å². The van der Waals surface area contributed by atoms with E-state index in [-0.39, 0.29) is 17.0 Å².